The summed E-state index contributed by atoms with van der Waals surface area (Å²) >= 11 is 7.03. The fourth-order valence-corrected chi connectivity index (χ4v) is 4.11. The molecule has 1 aliphatic heterocycles. The van der Waals surface area contributed by atoms with E-state index in [1.807, 2.05) is 6.07 Å². The van der Waals surface area contributed by atoms with Crippen molar-refractivity contribution in [3.05, 3.63) is 26.6 Å². The van der Waals surface area contributed by atoms with Crippen LogP contribution in [0.4, 0.5) is 5.69 Å². The van der Waals surface area contributed by atoms with E-state index in [1.54, 1.807) is 0 Å². The predicted octanol–water partition coefficient (Wildman–Crippen LogP) is 4.33. The molecule has 0 bridgehead atoms. The van der Waals surface area contributed by atoms with Crippen LogP contribution in [0.5, 0.6) is 0 Å². The Morgan fingerprint density at radius 2 is 1.89 bits per heavy atom. The zero-order valence-corrected chi connectivity index (χ0v) is 13.6. The molecule has 1 saturated carbocycles. The lowest BCUT2D eigenvalue weighted by Crippen LogP contribution is -2.35. The molecule has 1 fully saturated rings. The molecule has 0 atom stereocenters. The van der Waals surface area contributed by atoms with Gasteiger partial charge in [-0.05, 0) is 53.7 Å². The highest BCUT2D eigenvalue weighted by Crippen LogP contribution is 2.38. The number of hydrogen-bond acceptors (Lipinski definition) is 4. The standard InChI is InChI=1S/C13H15Br2N3O/c14-9-5-8-7-18(10-1-3-11(19)4-2-10)17-16-13(8)12(15)6-9/h5-6,10-11,19H,1-4,7H2. The van der Waals surface area contributed by atoms with E-state index in [9.17, 15) is 5.11 Å². The van der Waals surface area contributed by atoms with Crippen LogP contribution in [-0.4, -0.2) is 22.3 Å². The Kier molecular flexibility index (Phi) is 3.91. The maximum atomic E-state index is 9.57. The highest BCUT2D eigenvalue weighted by molar-refractivity contribution is 9.11. The molecule has 6 heteroatoms. The molecule has 0 amide bonds. The lowest BCUT2D eigenvalue weighted by Gasteiger charge is -2.34. The summed E-state index contributed by atoms with van der Waals surface area (Å²) in [6.45, 7) is 0.789. The minimum atomic E-state index is -0.131. The molecule has 0 spiro atoms. The van der Waals surface area contributed by atoms with Gasteiger partial charge in [0, 0.05) is 20.6 Å². The minimum Gasteiger partial charge on any atom is -0.393 e. The average molecular weight is 389 g/mol. The molecule has 1 aromatic carbocycles. The van der Waals surface area contributed by atoms with Gasteiger partial charge >= 0.3 is 0 Å². The summed E-state index contributed by atoms with van der Waals surface area (Å²) in [5, 5.41) is 20.3. The van der Waals surface area contributed by atoms with E-state index >= 15 is 0 Å². The molecule has 0 radical (unpaired) electrons. The van der Waals surface area contributed by atoms with Crippen LogP contribution < -0.4 is 0 Å². The third-order valence-corrected chi connectivity index (χ3v) is 4.85. The van der Waals surface area contributed by atoms with Crippen LogP contribution >= 0.6 is 31.9 Å². The second-order valence-electron chi connectivity index (χ2n) is 5.14. The van der Waals surface area contributed by atoms with E-state index in [0.29, 0.717) is 6.04 Å². The summed E-state index contributed by atoms with van der Waals surface area (Å²) in [7, 11) is 0. The molecule has 1 heterocycles. The molecule has 0 aromatic heterocycles. The van der Waals surface area contributed by atoms with Crippen LogP contribution in [0.15, 0.2) is 31.4 Å². The maximum Gasteiger partial charge on any atom is 0.107 e. The van der Waals surface area contributed by atoms with Crippen LogP contribution in [-0.2, 0) is 6.54 Å². The topological polar surface area (TPSA) is 48.2 Å². The number of hydrogen-bond donors (Lipinski definition) is 1. The van der Waals surface area contributed by atoms with E-state index in [1.165, 1.54) is 5.56 Å². The molecule has 1 N–H and O–H groups in total. The summed E-state index contributed by atoms with van der Waals surface area (Å²) in [5.74, 6) is 0. The number of benzene rings is 1. The van der Waals surface area contributed by atoms with Gasteiger partial charge in [0.15, 0.2) is 0 Å². The number of aliphatic hydroxyl groups is 1. The number of nitrogens with zero attached hydrogens (tertiary/aromatic N) is 3. The number of halogens is 2. The first-order valence-corrected chi connectivity index (χ1v) is 8.06. The summed E-state index contributed by atoms with van der Waals surface area (Å²) < 4.78 is 2.02. The number of aliphatic hydroxyl groups excluding tert-OH is 1. The Hall–Kier alpha value is -0.460. The van der Waals surface area contributed by atoms with Gasteiger partial charge in [-0.3, -0.25) is 5.01 Å². The molecular formula is C13H15Br2N3O. The Bertz CT molecular complexity index is 513. The molecule has 102 valence electrons. The molecule has 3 rings (SSSR count). The van der Waals surface area contributed by atoms with Gasteiger partial charge in [0.2, 0.25) is 0 Å². The van der Waals surface area contributed by atoms with Crippen LogP contribution in [0.1, 0.15) is 31.2 Å². The Morgan fingerprint density at radius 1 is 1.16 bits per heavy atom. The van der Waals surface area contributed by atoms with Crippen molar-refractivity contribution in [2.24, 2.45) is 10.3 Å². The van der Waals surface area contributed by atoms with Gasteiger partial charge < -0.3 is 5.11 Å². The van der Waals surface area contributed by atoms with Crippen molar-refractivity contribution in [1.82, 2.24) is 5.01 Å². The first kappa shape index (κ1) is 13.5. The van der Waals surface area contributed by atoms with Gasteiger partial charge in [-0.15, -0.1) is 5.11 Å². The van der Waals surface area contributed by atoms with E-state index < -0.39 is 0 Å². The molecule has 0 saturated heterocycles. The van der Waals surface area contributed by atoms with Crippen molar-refractivity contribution in [3.8, 4) is 0 Å². The van der Waals surface area contributed by atoms with Crippen molar-refractivity contribution in [1.29, 1.82) is 0 Å². The smallest absolute Gasteiger partial charge is 0.107 e. The molecule has 1 aliphatic carbocycles. The van der Waals surface area contributed by atoms with Crippen molar-refractivity contribution < 1.29 is 5.11 Å². The van der Waals surface area contributed by atoms with Gasteiger partial charge in [-0.1, -0.05) is 21.2 Å². The quantitative estimate of drug-likeness (QED) is 0.778. The van der Waals surface area contributed by atoms with Crippen molar-refractivity contribution >= 4 is 37.5 Å². The Balaban J connectivity index is 1.79. The highest BCUT2D eigenvalue weighted by atomic mass is 79.9. The van der Waals surface area contributed by atoms with Crippen molar-refractivity contribution in [2.45, 2.75) is 44.4 Å². The third kappa shape index (κ3) is 2.85. The fourth-order valence-electron chi connectivity index (χ4n) is 2.72. The molecule has 1 aromatic rings. The summed E-state index contributed by atoms with van der Waals surface area (Å²) in [5.41, 5.74) is 2.11. The van der Waals surface area contributed by atoms with Gasteiger partial charge in [-0.2, -0.15) is 0 Å². The molecule has 2 aliphatic rings. The lowest BCUT2D eigenvalue weighted by molar-refractivity contribution is 0.0660. The SMILES string of the molecule is OC1CCC(N2Cc3cc(Br)cc(Br)c3N=N2)CC1. The zero-order valence-electron chi connectivity index (χ0n) is 10.4. The second-order valence-corrected chi connectivity index (χ2v) is 6.91. The first-order chi connectivity index (χ1) is 9.13. The largest absolute Gasteiger partial charge is 0.393 e. The van der Waals surface area contributed by atoms with Crippen LogP contribution in [0.2, 0.25) is 0 Å². The third-order valence-electron chi connectivity index (χ3n) is 3.79. The van der Waals surface area contributed by atoms with Crippen molar-refractivity contribution in [3.63, 3.8) is 0 Å². The summed E-state index contributed by atoms with van der Waals surface area (Å²) in [6, 6.07) is 4.49. The first-order valence-electron chi connectivity index (χ1n) is 6.48. The summed E-state index contributed by atoms with van der Waals surface area (Å²) in [4.78, 5) is 0. The van der Waals surface area contributed by atoms with Crippen LogP contribution in [0.3, 0.4) is 0 Å². The highest BCUT2D eigenvalue weighted by Gasteiger charge is 2.27. The second kappa shape index (κ2) is 5.50. The maximum absolute atomic E-state index is 9.57. The monoisotopic (exact) mass is 387 g/mol. The van der Waals surface area contributed by atoms with E-state index in [4.69, 9.17) is 0 Å². The normalized spacial score (nSPS) is 26.4. The fraction of sp³-hybridized carbons (Fsp3) is 0.538. The van der Waals surface area contributed by atoms with E-state index in [2.05, 4.69) is 53.3 Å². The Labute approximate surface area is 129 Å². The van der Waals surface area contributed by atoms with E-state index in [0.717, 1.165) is 46.9 Å². The van der Waals surface area contributed by atoms with Gasteiger partial charge in [-0.25, -0.2) is 0 Å². The average Bonchev–Trinajstić information content (AvgIpc) is 2.38. The Morgan fingerprint density at radius 3 is 2.63 bits per heavy atom. The predicted molar refractivity (Wildman–Crippen MR) is 80.2 cm³/mol. The lowest BCUT2D eigenvalue weighted by atomic mass is 9.92. The van der Waals surface area contributed by atoms with E-state index in [-0.39, 0.29) is 6.10 Å². The molecule has 0 unspecified atom stereocenters. The van der Waals surface area contributed by atoms with Crippen LogP contribution in [0, 0.1) is 0 Å². The number of rotatable bonds is 1. The van der Waals surface area contributed by atoms with Gasteiger partial charge in [0.05, 0.1) is 12.6 Å². The van der Waals surface area contributed by atoms with Crippen LogP contribution in [0.25, 0.3) is 0 Å². The van der Waals surface area contributed by atoms with Gasteiger partial charge in [0.1, 0.15) is 5.69 Å². The molecular weight excluding hydrogens is 374 g/mol. The number of fused-ring (bicyclic) bond motifs is 1. The molecule has 4 nitrogen and oxygen atoms in total. The summed E-state index contributed by atoms with van der Waals surface area (Å²) in [6.07, 6.45) is 3.58. The van der Waals surface area contributed by atoms with Crippen molar-refractivity contribution in [2.75, 3.05) is 0 Å². The zero-order chi connectivity index (χ0) is 13.4. The molecule has 19 heavy (non-hydrogen) atoms. The minimum absolute atomic E-state index is 0.131. The van der Waals surface area contributed by atoms with Gasteiger partial charge in [0.25, 0.3) is 0 Å².